The summed E-state index contributed by atoms with van der Waals surface area (Å²) < 4.78 is 17.4. The predicted molar refractivity (Wildman–Crippen MR) is 39.8 cm³/mol. The van der Waals surface area contributed by atoms with Crippen molar-refractivity contribution in [1.82, 2.24) is 4.98 Å². The highest BCUT2D eigenvalue weighted by molar-refractivity contribution is 5.25. The van der Waals surface area contributed by atoms with Crippen molar-refractivity contribution < 1.29 is 9.13 Å². The Balaban J connectivity index is 3.02. The lowest BCUT2D eigenvalue weighted by Gasteiger charge is -2.01. The van der Waals surface area contributed by atoms with Crippen molar-refractivity contribution in [2.75, 3.05) is 7.11 Å². The number of methoxy groups -OCH3 is 1. The summed E-state index contributed by atoms with van der Waals surface area (Å²) in [4.78, 5) is 3.49. The molecule has 0 saturated carbocycles. The largest absolute Gasteiger partial charge is 0.492 e. The van der Waals surface area contributed by atoms with Crippen LogP contribution >= 0.6 is 0 Å². The van der Waals surface area contributed by atoms with Crippen molar-refractivity contribution in [3.8, 4) is 5.75 Å². The molecule has 3 heteroatoms. The monoisotopic (exact) mass is 154 g/mol. The van der Waals surface area contributed by atoms with Gasteiger partial charge < -0.3 is 4.74 Å². The number of pyridine rings is 1. The standard InChI is InChI=1S/C8H9FNO/c1-3-6-4-7(11-2)8(9)10-5-6/h4-5H,1,3H2,2H3. The van der Waals surface area contributed by atoms with E-state index in [4.69, 9.17) is 4.74 Å². The van der Waals surface area contributed by atoms with Gasteiger partial charge in [-0.25, -0.2) is 4.98 Å². The van der Waals surface area contributed by atoms with Gasteiger partial charge >= 0.3 is 0 Å². The molecule has 1 radical (unpaired) electrons. The molecular formula is C8H9FNO. The number of hydrogen-bond acceptors (Lipinski definition) is 2. The van der Waals surface area contributed by atoms with Gasteiger partial charge in [-0.2, -0.15) is 4.39 Å². The maximum atomic E-state index is 12.6. The number of ether oxygens (including phenoxy) is 1. The summed E-state index contributed by atoms with van der Waals surface area (Å²) >= 11 is 0. The molecule has 0 fully saturated rings. The van der Waals surface area contributed by atoms with Gasteiger partial charge in [0.15, 0.2) is 5.75 Å². The maximum absolute atomic E-state index is 12.6. The Kier molecular flexibility index (Phi) is 2.41. The van der Waals surface area contributed by atoms with Gasteiger partial charge in [-0.15, -0.1) is 0 Å². The second kappa shape index (κ2) is 3.32. The van der Waals surface area contributed by atoms with Crippen LogP contribution in [0.25, 0.3) is 0 Å². The molecule has 1 aromatic rings. The van der Waals surface area contributed by atoms with Crippen LogP contribution in [-0.4, -0.2) is 12.1 Å². The number of hydrogen-bond donors (Lipinski definition) is 0. The summed E-state index contributed by atoms with van der Waals surface area (Å²) in [5, 5.41) is 0. The molecule has 0 amide bonds. The Morgan fingerprint density at radius 2 is 2.45 bits per heavy atom. The molecule has 1 aromatic heterocycles. The zero-order valence-corrected chi connectivity index (χ0v) is 6.30. The van der Waals surface area contributed by atoms with Gasteiger partial charge in [-0.3, -0.25) is 0 Å². The average Bonchev–Trinajstić information content (AvgIpc) is 2.05. The van der Waals surface area contributed by atoms with E-state index < -0.39 is 5.95 Å². The van der Waals surface area contributed by atoms with E-state index in [1.54, 1.807) is 6.07 Å². The van der Waals surface area contributed by atoms with Gasteiger partial charge in [-0.1, -0.05) is 0 Å². The second-order valence-electron chi connectivity index (χ2n) is 2.09. The van der Waals surface area contributed by atoms with Crippen LogP contribution in [0.5, 0.6) is 5.75 Å². The van der Waals surface area contributed by atoms with E-state index in [1.165, 1.54) is 13.3 Å². The third-order valence-electron chi connectivity index (χ3n) is 1.37. The predicted octanol–water partition coefficient (Wildman–Crippen LogP) is 1.61. The van der Waals surface area contributed by atoms with E-state index in [0.29, 0.717) is 6.42 Å². The van der Waals surface area contributed by atoms with Crippen LogP contribution in [0.3, 0.4) is 0 Å². The molecule has 11 heavy (non-hydrogen) atoms. The molecule has 1 heterocycles. The summed E-state index contributed by atoms with van der Waals surface area (Å²) in [7, 11) is 1.41. The summed E-state index contributed by atoms with van der Waals surface area (Å²) in [6.45, 7) is 3.64. The number of nitrogens with zero attached hydrogens (tertiary/aromatic N) is 1. The first-order chi connectivity index (χ1) is 5.27. The molecule has 0 bridgehead atoms. The van der Waals surface area contributed by atoms with E-state index in [1.807, 2.05) is 0 Å². The van der Waals surface area contributed by atoms with Crippen molar-refractivity contribution in [2.45, 2.75) is 6.42 Å². The first kappa shape index (κ1) is 7.98. The van der Waals surface area contributed by atoms with E-state index in [9.17, 15) is 4.39 Å². The minimum absolute atomic E-state index is 0.172. The molecule has 0 unspecified atom stereocenters. The molecule has 59 valence electrons. The first-order valence-electron chi connectivity index (χ1n) is 3.25. The third kappa shape index (κ3) is 1.67. The quantitative estimate of drug-likeness (QED) is 0.604. The van der Waals surface area contributed by atoms with Crippen molar-refractivity contribution >= 4 is 0 Å². The normalized spacial score (nSPS) is 9.73. The Bertz CT molecular complexity index is 250. The van der Waals surface area contributed by atoms with Gasteiger partial charge in [0.2, 0.25) is 0 Å². The van der Waals surface area contributed by atoms with Crippen molar-refractivity contribution in [3.63, 3.8) is 0 Å². The van der Waals surface area contributed by atoms with Crippen LogP contribution in [-0.2, 0) is 6.42 Å². The van der Waals surface area contributed by atoms with Crippen molar-refractivity contribution in [1.29, 1.82) is 0 Å². The zero-order chi connectivity index (χ0) is 8.27. The summed E-state index contributed by atoms with van der Waals surface area (Å²) in [6, 6.07) is 1.59. The second-order valence-corrected chi connectivity index (χ2v) is 2.09. The topological polar surface area (TPSA) is 22.1 Å². The highest BCUT2D eigenvalue weighted by Gasteiger charge is 2.02. The smallest absolute Gasteiger partial charge is 0.255 e. The Morgan fingerprint density at radius 3 is 3.00 bits per heavy atom. The zero-order valence-electron chi connectivity index (χ0n) is 6.30. The minimum atomic E-state index is -0.579. The fraction of sp³-hybridized carbons (Fsp3) is 0.250. The Morgan fingerprint density at radius 1 is 1.73 bits per heavy atom. The van der Waals surface area contributed by atoms with Crippen molar-refractivity contribution in [3.05, 3.63) is 30.7 Å². The van der Waals surface area contributed by atoms with Gasteiger partial charge in [0.05, 0.1) is 7.11 Å². The number of halogens is 1. The van der Waals surface area contributed by atoms with E-state index in [0.717, 1.165) is 5.56 Å². The fourth-order valence-electron chi connectivity index (χ4n) is 0.748. The Hall–Kier alpha value is -1.12. The fourth-order valence-corrected chi connectivity index (χ4v) is 0.748. The Labute approximate surface area is 65.0 Å². The SMILES string of the molecule is [CH2]Cc1cnc(F)c(OC)c1. The molecule has 0 aromatic carbocycles. The summed E-state index contributed by atoms with van der Waals surface area (Å²) in [6.07, 6.45) is 2.04. The lowest BCUT2D eigenvalue weighted by molar-refractivity contribution is 0.377. The van der Waals surface area contributed by atoms with Gasteiger partial charge in [0.1, 0.15) is 0 Å². The van der Waals surface area contributed by atoms with Gasteiger partial charge in [-0.05, 0) is 25.0 Å². The van der Waals surface area contributed by atoms with Crippen LogP contribution in [0.1, 0.15) is 5.56 Å². The van der Waals surface area contributed by atoms with Crippen LogP contribution in [0.15, 0.2) is 12.3 Å². The number of rotatable bonds is 2. The van der Waals surface area contributed by atoms with E-state index in [-0.39, 0.29) is 5.75 Å². The van der Waals surface area contributed by atoms with Crippen LogP contribution in [0, 0.1) is 12.9 Å². The molecule has 0 N–H and O–H groups in total. The molecule has 0 aliphatic heterocycles. The third-order valence-corrected chi connectivity index (χ3v) is 1.37. The molecule has 2 nitrogen and oxygen atoms in total. The van der Waals surface area contributed by atoms with Gasteiger partial charge in [0.25, 0.3) is 5.95 Å². The van der Waals surface area contributed by atoms with E-state index in [2.05, 4.69) is 11.9 Å². The molecule has 0 atom stereocenters. The van der Waals surface area contributed by atoms with Crippen LogP contribution < -0.4 is 4.74 Å². The van der Waals surface area contributed by atoms with E-state index >= 15 is 0 Å². The van der Waals surface area contributed by atoms with Crippen LogP contribution in [0.2, 0.25) is 0 Å². The minimum Gasteiger partial charge on any atom is -0.492 e. The van der Waals surface area contributed by atoms with Gasteiger partial charge in [0, 0.05) is 6.20 Å². The summed E-state index contributed by atoms with van der Waals surface area (Å²) in [5.41, 5.74) is 0.864. The lowest BCUT2D eigenvalue weighted by atomic mass is 10.2. The number of aromatic nitrogens is 1. The molecule has 0 spiro atoms. The molecule has 0 aliphatic carbocycles. The van der Waals surface area contributed by atoms with Crippen molar-refractivity contribution in [2.24, 2.45) is 0 Å². The average molecular weight is 154 g/mol. The highest BCUT2D eigenvalue weighted by Crippen LogP contribution is 2.15. The highest BCUT2D eigenvalue weighted by atomic mass is 19.1. The van der Waals surface area contributed by atoms with Crippen LogP contribution in [0.4, 0.5) is 4.39 Å². The molecule has 1 rings (SSSR count). The molecule has 0 aliphatic rings. The molecule has 0 saturated heterocycles. The molecular weight excluding hydrogens is 145 g/mol. The maximum Gasteiger partial charge on any atom is 0.255 e. The summed E-state index contributed by atoms with van der Waals surface area (Å²) in [5.74, 6) is -0.407. The first-order valence-corrected chi connectivity index (χ1v) is 3.25. The lowest BCUT2D eigenvalue weighted by Crippen LogP contribution is -1.93.